The molecule has 0 saturated carbocycles. The van der Waals surface area contributed by atoms with E-state index in [1.807, 2.05) is 6.08 Å². The fourth-order valence-electron chi connectivity index (χ4n) is 0.616. The maximum absolute atomic E-state index is 8.99. The minimum absolute atomic E-state index is 0.367. The van der Waals surface area contributed by atoms with Crippen LogP contribution in [0.2, 0.25) is 0 Å². The third kappa shape index (κ3) is 5.57. The molecule has 0 amide bonds. The average Bonchev–Trinajstić information content (AvgIpc) is 1.98. The van der Waals surface area contributed by atoms with Gasteiger partial charge in [-0.25, -0.2) is 0 Å². The Bertz CT molecular complexity index is 105. The molecule has 0 aromatic carbocycles. The number of unbranched alkanes of at least 4 members (excludes halogenated alkanes) is 1. The summed E-state index contributed by atoms with van der Waals surface area (Å²) in [7, 11) is 0. The maximum Gasteiger partial charge on any atom is 0.0752 e. The van der Waals surface area contributed by atoms with Crippen molar-refractivity contribution in [2.45, 2.75) is 32.3 Å². The highest BCUT2D eigenvalue weighted by Crippen LogP contribution is 1.96. The topological polar surface area (TPSA) is 20.2 Å². The van der Waals surface area contributed by atoms with Gasteiger partial charge in [0.1, 0.15) is 0 Å². The average molecular weight is 140 g/mol. The molecule has 0 unspecified atom stereocenters. The van der Waals surface area contributed by atoms with Gasteiger partial charge in [0.25, 0.3) is 0 Å². The van der Waals surface area contributed by atoms with Crippen molar-refractivity contribution in [1.82, 2.24) is 0 Å². The predicted molar refractivity (Wildman–Crippen MR) is 44.9 cm³/mol. The van der Waals surface area contributed by atoms with Gasteiger partial charge in [0.05, 0.1) is 6.10 Å². The maximum atomic E-state index is 8.99. The summed E-state index contributed by atoms with van der Waals surface area (Å²) in [6.45, 7) is 5.61. The molecule has 1 N–H and O–H groups in total. The fraction of sp³-hybridized carbons (Fsp3) is 0.556. The molecule has 0 aliphatic heterocycles. The number of allylic oxidation sites excluding steroid dienone is 1. The lowest BCUT2D eigenvalue weighted by Crippen LogP contribution is -1.97. The van der Waals surface area contributed by atoms with Crippen LogP contribution < -0.4 is 0 Å². The number of hydrogen-bond acceptors (Lipinski definition) is 1. The monoisotopic (exact) mass is 140 g/mol. The Kier molecular flexibility index (Phi) is 6.19. The van der Waals surface area contributed by atoms with E-state index in [2.05, 4.69) is 19.6 Å². The van der Waals surface area contributed by atoms with Crippen molar-refractivity contribution in [3.63, 3.8) is 0 Å². The van der Waals surface area contributed by atoms with Crippen LogP contribution in [0.15, 0.2) is 24.8 Å². The molecule has 0 aromatic rings. The molecule has 0 aliphatic rings. The zero-order chi connectivity index (χ0) is 7.82. The van der Waals surface area contributed by atoms with Crippen LogP contribution in [0.5, 0.6) is 0 Å². The van der Waals surface area contributed by atoms with Gasteiger partial charge >= 0.3 is 0 Å². The molecule has 10 heavy (non-hydrogen) atoms. The highest BCUT2D eigenvalue weighted by molar-refractivity contribution is 4.89. The van der Waals surface area contributed by atoms with E-state index in [0.29, 0.717) is 6.42 Å². The van der Waals surface area contributed by atoms with E-state index in [1.165, 1.54) is 6.42 Å². The largest absolute Gasteiger partial charge is 0.389 e. The van der Waals surface area contributed by atoms with Crippen molar-refractivity contribution < 1.29 is 5.11 Å². The van der Waals surface area contributed by atoms with Crippen LogP contribution in [0.4, 0.5) is 0 Å². The van der Waals surface area contributed by atoms with Crippen molar-refractivity contribution in [1.29, 1.82) is 0 Å². The second kappa shape index (κ2) is 6.56. The van der Waals surface area contributed by atoms with Crippen molar-refractivity contribution in [2.24, 2.45) is 0 Å². The van der Waals surface area contributed by atoms with E-state index in [0.717, 1.165) is 6.42 Å². The predicted octanol–water partition coefficient (Wildman–Crippen LogP) is 2.28. The van der Waals surface area contributed by atoms with E-state index in [4.69, 9.17) is 5.11 Å². The Hall–Kier alpha value is -0.560. The Morgan fingerprint density at radius 2 is 2.20 bits per heavy atom. The zero-order valence-corrected chi connectivity index (χ0v) is 6.59. The summed E-state index contributed by atoms with van der Waals surface area (Å²) in [5, 5.41) is 8.99. The fourth-order valence-corrected chi connectivity index (χ4v) is 0.616. The van der Waals surface area contributed by atoms with Crippen LogP contribution >= 0.6 is 0 Å². The molecule has 1 atom stereocenters. The number of aliphatic hydroxyl groups excluding tert-OH is 1. The zero-order valence-electron chi connectivity index (χ0n) is 6.59. The summed E-state index contributed by atoms with van der Waals surface area (Å²) in [5.74, 6) is 0. The molecule has 1 nitrogen and oxygen atoms in total. The van der Waals surface area contributed by atoms with Gasteiger partial charge in [-0.3, -0.25) is 0 Å². The molecule has 0 aliphatic carbocycles. The van der Waals surface area contributed by atoms with Crippen LogP contribution in [0.1, 0.15) is 26.2 Å². The van der Waals surface area contributed by atoms with E-state index in [-0.39, 0.29) is 6.10 Å². The first-order valence-corrected chi connectivity index (χ1v) is 3.76. The molecule has 0 saturated heterocycles. The first-order valence-electron chi connectivity index (χ1n) is 3.76. The molecule has 0 heterocycles. The van der Waals surface area contributed by atoms with Crippen LogP contribution in [-0.2, 0) is 0 Å². The number of hydrogen-bond donors (Lipinski definition) is 1. The third-order valence-electron chi connectivity index (χ3n) is 1.27. The van der Waals surface area contributed by atoms with Crippen LogP contribution in [-0.4, -0.2) is 11.2 Å². The van der Waals surface area contributed by atoms with Crippen molar-refractivity contribution in [2.75, 3.05) is 0 Å². The van der Waals surface area contributed by atoms with E-state index < -0.39 is 0 Å². The van der Waals surface area contributed by atoms with Crippen LogP contribution in [0.25, 0.3) is 0 Å². The Morgan fingerprint density at radius 3 is 2.70 bits per heavy atom. The first kappa shape index (κ1) is 9.44. The quantitative estimate of drug-likeness (QED) is 0.581. The van der Waals surface area contributed by atoms with E-state index in [9.17, 15) is 0 Å². The normalized spacial score (nSPS) is 13.8. The van der Waals surface area contributed by atoms with Crippen molar-refractivity contribution >= 4 is 0 Å². The Morgan fingerprint density at radius 1 is 1.50 bits per heavy atom. The summed E-state index contributed by atoms with van der Waals surface area (Å²) in [6, 6.07) is 0. The van der Waals surface area contributed by atoms with Crippen LogP contribution in [0, 0.1) is 0 Å². The molecule has 0 radical (unpaired) electrons. The van der Waals surface area contributed by atoms with Gasteiger partial charge in [0, 0.05) is 0 Å². The molecule has 58 valence electrons. The molecule has 0 aromatic heterocycles. The summed E-state index contributed by atoms with van der Waals surface area (Å²) in [5.41, 5.74) is 0. The molecular weight excluding hydrogens is 124 g/mol. The van der Waals surface area contributed by atoms with Gasteiger partial charge in [-0.2, -0.15) is 0 Å². The number of rotatable bonds is 5. The van der Waals surface area contributed by atoms with Gasteiger partial charge in [0.2, 0.25) is 0 Å². The van der Waals surface area contributed by atoms with Gasteiger partial charge < -0.3 is 5.11 Å². The van der Waals surface area contributed by atoms with E-state index >= 15 is 0 Å². The highest BCUT2D eigenvalue weighted by atomic mass is 16.3. The summed E-state index contributed by atoms with van der Waals surface area (Å²) >= 11 is 0. The summed E-state index contributed by atoms with van der Waals surface area (Å²) in [4.78, 5) is 0. The minimum atomic E-state index is -0.367. The molecule has 0 fully saturated rings. The minimum Gasteiger partial charge on any atom is -0.389 e. The Labute approximate surface area is 63.1 Å². The van der Waals surface area contributed by atoms with Crippen LogP contribution in [0.3, 0.4) is 0 Å². The van der Waals surface area contributed by atoms with Crippen molar-refractivity contribution in [3.8, 4) is 0 Å². The molecule has 0 bridgehead atoms. The van der Waals surface area contributed by atoms with Gasteiger partial charge in [-0.15, -0.1) is 6.58 Å². The first-order chi connectivity index (χ1) is 4.81. The lowest BCUT2D eigenvalue weighted by Gasteiger charge is -1.97. The van der Waals surface area contributed by atoms with Gasteiger partial charge in [-0.1, -0.05) is 31.6 Å². The molecule has 0 spiro atoms. The molecule has 1 heteroatoms. The molecule has 0 rings (SSSR count). The van der Waals surface area contributed by atoms with Gasteiger partial charge in [-0.05, 0) is 12.8 Å². The number of aliphatic hydroxyl groups is 1. The highest BCUT2D eigenvalue weighted by Gasteiger charge is 1.90. The smallest absolute Gasteiger partial charge is 0.0752 e. The second-order valence-corrected chi connectivity index (χ2v) is 2.30. The molecular formula is C9H16O. The Balaban J connectivity index is 3.24. The summed E-state index contributed by atoms with van der Waals surface area (Å²) in [6.07, 6.45) is 8.24. The van der Waals surface area contributed by atoms with Gasteiger partial charge in [0.15, 0.2) is 0 Å². The SMILES string of the molecule is C=C[C@H](O)C/C=C\CCC. The van der Waals surface area contributed by atoms with E-state index in [1.54, 1.807) is 6.08 Å². The lowest BCUT2D eigenvalue weighted by molar-refractivity contribution is 0.227. The lowest BCUT2D eigenvalue weighted by atomic mass is 10.2. The second-order valence-electron chi connectivity index (χ2n) is 2.30. The third-order valence-corrected chi connectivity index (χ3v) is 1.27. The summed E-state index contributed by atoms with van der Waals surface area (Å²) < 4.78 is 0. The standard InChI is InChI=1S/C9H16O/c1-3-5-6-7-8-9(10)4-2/h4,6-7,9-10H,2-3,5,8H2,1H3/b7-6-/t9-/m0/s1. The van der Waals surface area contributed by atoms with Crippen molar-refractivity contribution in [3.05, 3.63) is 24.8 Å².